The maximum atomic E-state index is 12.0. The molecule has 0 saturated carbocycles. The van der Waals surface area contributed by atoms with Crippen LogP contribution in [0.25, 0.3) is 0 Å². The largest absolute Gasteiger partial charge is 0.390 e. The normalized spacial score (nSPS) is 16.9. The highest BCUT2D eigenvalue weighted by molar-refractivity contribution is 4.89. The second kappa shape index (κ2) is 2.97. The SMILES string of the molecule is C=C(F)CC(C)(O)CC. The van der Waals surface area contributed by atoms with E-state index in [1.807, 2.05) is 6.92 Å². The van der Waals surface area contributed by atoms with Gasteiger partial charge in [0.25, 0.3) is 0 Å². The summed E-state index contributed by atoms with van der Waals surface area (Å²) in [6.07, 6.45) is 0.597. The van der Waals surface area contributed by atoms with Crippen molar-refractivity contribution in [3.63, 3.8) is 0 Å². The summed E-state index contributed by atoms with van der Waals surface area (Å²) >= 11 is 0. The minimum absolute atomic E-state index is 0.0451. The van der Waals surface area contributed by atoms with E-state index in [0.717, 1.165) is 0 Å². The lowest BCUT2D eigenvalue weighted by atomic mass is 9.99. The predicted molar refractivity (Wildman–Crippen MR) is 35.8 cm³/mol. The van der Waals surface area contributed by atoms with E-state index in [4.69, 9.17) is 0 Å². The van der Waals surface area contributed by atoms with Crippen molar-refractivity contribution in [2.45, 2.75) is 32.3 Å². The van der Waals surface area contributed by atoms with Gasteiger partial charge in [-0.05, 0) is 13.3 Å². The lowest BCUT2D eigenvalue weighted by Gasteiger charge is -2.18. The highest BCUT2D eigenvalue weighted by Gasteiger charge is 2.18. The van der Waals surface area contributed by atoms with Crippen LogP contribution in [0.4, 0.5) is 4.39 Å². The molecule has 0 aromatic heterocycles. The van der Waals surface area contributed by atoms with Gasteiger partial charge in [0.15, 0.2) is 0 Å². The van der Waals surface area contributed by atoms with Crippen LogP contribution < -0.4 is 0 Å². The Kier molecular flexibility index (Phi) is 2.85. The zero-order valence-corrected chi connectivity index (χ0v) is 5.95. The Balaban J connectivity index is 3.71. The molecule has 0 rings (SSSR count). The van der Waals surface area contributed by atoms with Gasteiger partial charge >= 0.3 is 0 Å². The number of hydrogen-bond donors (Lipinski definition) is 1. The Morgan fingerprint density at radius 1 is 1.78 bits per heavy atom. The molecule has 1 atom stereocenters. The quantitative estimate of drug-likeness (QED) is 0.622. The number of rotatable bonds is 3. The third kappa shape index (κ3) is 4.15. The summed E-state index contributed by atoms with van der Waals surface area (Å²) in [5, 5.41) is 9.19. The molecular formula is C7H13FO. The Bertz CT molecular complexity index is 107. The molecule has 9 heavy (non-hydrogen) atoms. The van der Waals surface area contributed by atoms with Gasteiger partial charge in [0, 0.05) is 6.42 Å². The van der Waals surface area contributed by atoms with E-state index in [1.165, 1.54) is 0 Å². The average Bonchev–Trinajstić information content (AvgIpc) is 1.63. The van der Waals surface area contributed by atoms with E-state index < -0.39 is 11.4 Å². The summed E-state index contributed by atoms with van der Waals surface area (Å²) in [6.45, 7) is 6.47. The van der Waals surface area contributed by atoms with E-state index >= 15 is 0 Å². The molecule has 1 nitrogen and oxygen atoms in total. The Hall–Kier alpha value is -0.370. The minimum Gasteiger partial charge on any atom is -0.390 e. The summed E-state index contributed by atoms with van der Waals surface area (Å²) in [4.78, 5) is 0. The molecule has 0 aliphatic heterocycles. The third-order valence-electron chi connectivity index (χ3n) is 1.33. The van der Waals surface area contributed by atoms with Crippen LogP contribution in [-0.4, -0.2) is 10.7 Å². The molecule has 2 heteroatoms. The zero-order valence-electron chi connectivity index (χ0n) is 5.95. The van der Waals surface area contributed by atoms with Crippen molar-refractivity contribution < 1.29 is 9.50 Å². The van der Waals surface area contributed by atoms with Crippen molar-refractivity contribution in [3.8, 4) is 0 Å². The van der Waals surface area contributed by atoms with Gasteiger partial charge in [-0.2, -0.15) is 0 Å². The number of aliphatic hydroxyl groups is 1. The van der Waals surface area contributed by atoms with E-state index in [9.17, 15) is 9.50 Å². The van der Waals surface area contributed by atoms with Crippen LogP contribution in [0, 0.1) is 0 Å². The van der Waals surface area contributed by atoms with Crippen LogP contribution in [0.5, 0.6) is 0 Å². The highest BCUT2D eigenvalue weighted by Crippen LogP contribution is 2.18. The van der Waals surface area contributed by atoms with Gasteiger partial charge in [-0.25, -0.2) is 4.39 Å². The number of halogens is 1. The monoisotopic (exact) mass is 132 g/mol. The summed E-state index contributed by atoms with van der Waals surface area (Å²) in [5.74, 6) is -0.457. The van der Waals surface area contributed by atoms with Crippen LogP contribution in [0.1, 0.15) is 26.7 Å². The van der Waals surface area contributed by atoms with Crippen LogP contribution in [0.3, 0.4) is 0 Å². The molecule has 54 valence electrons. The van der Waals surface area contributed by atoms with Crippen LogP contribution >= 0.6 is 0 Å². The van der Waals surface area contributed by atoms with Gasteiger partial charge in [0.05, 0.1) is 11.4 Å². The van der Waals surface area contributed by atoms with Crippen molar-refractivity contribution in [2.24, 2.45) is 0 Å². The Labute approximate surface area is 55.2 Å². The fourth-order valence-corrected chi connectivity index (χ4v) is 0.538. The summed E-state index contributed by atoms with van der Waals surface area (Å²) in [7, 11) is 0. The van der Waals surface area contributed by atoms with Gasteiger partial charge < -0.3 is 5.11 Å². The van der Waals surface area contributed by atoms with Crippen LogP contribution in [-0.2, 0) is 0 Å². The molecule has 0 aromatic rings. The van der Waals surface area contributed by atoms with E-state index in [2.05, 4.69) is 6.58 Å². The van der Waals surface area contributed by atoms with Crippen molar-refractivity contribution in [3.05, 3.63) is 12.4 Å². The molecule has 0 fully saturated rings. The second-order valence-corrected chi connectivity index (χ2v) is 2.54. The molecule has 0 heterocycles. The zero-order chi connectivity index (χ0) is 7.49. The fourth-order valence-electron chi connectivity index (χ4n) is 0.538. The minimum atomic E-state index is -0.911. The van der Waals surface area contributed by atoms with Crippen LogP contribution in [0.15, 0.2) is 12.4 Å². The summed E-state index contributed by atoms with van der Waals surface area (Å²) in [5.41, 5.74) is -0.911. The third-order valence-corrected chi connectivity index (χ3v) is 1.33. The van der Waals surface area contributed by atoms with Gasteiger partial charge in [-0.1, -0.05) is 13.5 Å². The van der Waals surface area contributed by atoms with Gasteiger partial charge in [-0.3, -0.25) is 0 Å². The maximum Gasteiger partial charge on any atom is 0.0956 e. The van der Waals surface area contributed by atoms with E-state index in [-0.39, 0.29) is 6.42 Å². The van der Waals surface area contributed by atoms with Gasteiger partial charge in [-0.15, -0.1) is 0 Å². The highest BCUT2D eigenvalue weighted by atomic mass is 19.1. The van der Waals surface area contributed by atoms with Crippen molar-refractivity contribution in [1.29, 1.82) is 0 Å². The summed E-state index contributed by atoms with van der Waals surface area (Å²) in [6, 6.07) is 0. The topological polar surface area (TPSA) is 20.2 Å². The summed E-state index contributed by atoms with van der Waals surface area (Å²) < 4.78 is 12.0. The molecule has 0 spiro atoms. The lowest BCUT2D eigenvalue weighted by Crippen LogP contribution is -2.22. The molecule has 0 aliphatic carbocycles. The number of hydrogen-bond acceptors (Lipinski definition) is 1. The predicted octanol–water partition coefficient (Wildman–Crippen LogP) is 2.02. The van der Waals surface area contributed by atoms with Crippen LogP contribution in [0.2, 0.25) is 0 Å². The molecule has 0 bridgehead atoms. The molecule has 1 unspecified atom stereocenters. The second-order valence-electron chi connectivity index (χ2n) is 2.54. The van der Waals surface area contributed by atoms with E-state index in [0.29, 0.717) is 6.42 Å². The average molecular weight is 132 g/mol. The molecular weight excluding hydrogens is 119 g/mol. The van der Waals surface area contributed by atoms with Crippen molar-refractivity contribution >= 4 is 0 Å². The molecule has 0 amide bonds. The first kappa shape index (κ1) is 8.63. The van der Waals surface area contributed by atoms with E-state index in [1.54, 1.807) is 6.92 Å². The fraction of sp³-hybridized carbons (Fsp3) is 0.714. The van der Waals surface area contributed by atoms with Crippen molar-refractivity contribution in [1.82, 2.24) is 0 Å². The smallest absolute Gasteiger partial charge is 0.0956 e. The molecule has 1 N–H and O–H groups in total. The Morgan fingerprint density at radius 2 is 2.22 bits per heavy atom. The molecule has 0 aromatic carbocycles. The van der Waals surface area contributed by atoms with Crippen molar-refractivity contribution in [2.75, 3.05) is 0 Å². The lowest BCUT2D eigenvalue weighted by molar-refractivity contribution is 0.0513. The molecule has 0 aliphatic rings. The molecule has 0 saturated heterocycles. The molecule has 0 radical (unpaired) electrons. The maximum absolute atomic E-state index is 12.0. The first-order valence-electron chi connectivity index (χ1n) is 3.03. The standard InChI is InChI=1S/C7H13FO/c1-4-7(3,9)5-6(2)8/h9H,2,4-5H2,1,3H3. The van der Waals surface area contributed by atoms with Gasteiger partial charge in [0.1, 0.15) is 0 Å². The Morgan fingerprint density at radius 3 is 2.33 bits per heavy atom. The first-order chi connectivity index (χ1) is 3.98. The van der Waals surface area contributed by atoms with Gasteiger partial charge in [0.2, 0.25) is 0 Å². The first-order valence-corrected chi connectivity index (χ1v) is 3.03.